The third-order valence-corrected chi connectivity index (χ3v) is 5.25. The van der Waals surface area contributed by atoms with E-state index in [4.69, 9.17) is 0 Å². The summed E-state index contributed by atoms with van der Waals surface area (Å²) in [4.78, 5) is 3.65. The Hall–Kier alpha value is -3.26. The number of rotatable bonds is 2. The van der Waals surface area contributed by atoms with Crippen LogP contribution >= 0.6 is 0 Å². The van der Waals surface area contributed by atoms with E-state index >= 15 is 0 Å². The molecule has 2 heteroatoms. The fourth-order valence-electron chi connectivity index (χ4n) is 3.96. The largest absolute Gasteiger partial charge is 0.385 e. The summed E-state index contributed by atoms with van der Waals surface area (Å²) >= 11 is 0. The van der Waals surface area contributed by atoms with Gasteiger partial charge < -0.3 is 10.3 Å². The minimum Gasteiger partial charge on any atom is -0.385 e. The molecule has 0 spiro atoms. The number of aromatic amines is 1. The minimum atomic E-state index is 0.912. The van der Waals surface area contributed by atoms with Gasteiger partial charge in [0.05, 0.1) is 0 Å². The summed E-state index contributed by atoms with van der Waals surface area (Å²) in [6.07, 6.45) is 0.992. The maximum Gasteiger partial charge on any atom is 0.0498 e. The quantitative estimate of drug-likeness (QED) is 0.488. The van der Waals surface area contributed by atoms with E-state index in [9.17, 15) is 0 Å². The van der Waals surface area contributed by atoms with Crippen molar-refractivity contribution in [3.05, 3.63) is 90.5 Å². The van der Waals surface area contributed by atoms with Gasteiger partial charge in [0.25, 0.3) is 0 Å². The maximum atomic E-state index is 4.20. The highest BCUT2D eigenvalue weighted by Crippen LogP contribution is 2.36. The van der Waals surface area contributed by atoms with Gasteiger partial charge >= 0.3 is 0 Å². The van der Waals surface area contributed by atoms with E-state index in [-0.39, 0.29) is 0 Å². The molecule has 0 saturated carbocycles. The number of hydrogen-bond donors (Lipinski definition) is 2. The minimum absolute atomic E-state index is 0.912. The summed E-state index contributed by atoms with van der Waals surface area (Å²) in [5.41, 5.74) is 9.73. The molecule has 1 aliphatic heterocycles. The van der Waals surface area contributed by atoms with Crippen molar-refractivity contribution < 1.29 is 0 Å². The predicted molar refractivity (Wildman–Crippen MR) is 110 cm³/mol. The number of hydrogen-bond acceptors (Lipinski definition) is 1. The fraction of sp³-hybridized carbons (Fsp3) is 0.0833. The van der Waals surface area contributed by atoms with Crippen molar-refractivity contribution in [2.75, 3.05) is 6.54 Å². The zero-order valence-electron chi connectivity index (χ0n) is 14.5. The molecule has 0 unspecified atom stereocenters. The molecular weight excluding hydrogens is 316 g/mol. The zero-order valence-corrected chi connectivity index (χ0v) is 14.5. The van der Waals surface area contributed by atoms with E-state index in [1.54, 1.807) is 0 Å². The SMILES string of the molecule is C=C1NCCc2c(-c3ccc(-c4ccccc4)cc3)[nH]c3cccc1c23. The lowest BCUT2D eigenvalue weighted by molar-refractivity contribution is 0.863. The van der Waals surface area contributed by atoms with E-state index in [0.29, 0.717) is 0 Å². The van der Waals surface area contributed by atoms with Crippen molar-refractivity contribution in [1.29, 1.82) is 0 Å². The molecule has 0 saturated heterocycles. The van der Waals surface area contributed by atoms with Gasteiger partial charge in [0, 0.05) is 34.4 Å². The topological polar surface area (TPSA) is 27.8 Å². The van der Waals surface area contributed by atoms with Crippen molar-refractivity contribution in [2.45, 2.75) is 6.42 Å². The molecule has 1 aromatic heterocycles. The predicted octanol–water partition coefficient (Wildman–Crippen LogP) is 5.62. The summed E-state index contributed by atoms with van der Waals surface area (Å²) in [7, 11) is 0. The van der Waals surface area contributed by atoms with E-state index in [0.717, 1.165) is 18.7 Å². The van der Waals surface area contributed by atoms with Gasteiger partial charge in [0.15, 0.2) is 0 Å². The Morgan fingerprint density at radius 1 is 0.731 bits per heavy atom. The lowest BCUT2D eigenvalue weighted by Gasteiger charge is -2.07. The standard InChI is InChI=1S/C24H20N2/c1-16-20-8-5-9-22-23(20)21(14-15-25-16)24(26-22)19-12-10-18(11-13-19)17-6-3-2-4-7-17/h2-13,25-26H,1,14-15H2. The van der Waals surface area contributed by atoms with Crippen LogP contribution in [-0.4, -0.2) is 11.5 Å². The summed E-state index contributed by atoms with van der Waals surface area (Å²) in [6.45, 7) is 5.11. The van der Waals surface area contributed by atoms with Crippen LogP contribution in [0.2, 0.25) is 0 Å². The van der Waals surface area contributed by atoms with Gasteiger partial charge in [-0.05, 0) is 34.7 Å². The Bertz CT molecular complexity index is 1100. The summed E-state index contributed by atoms with van der Waals surface area (Å²) in [6, 6.07) is 25.8. The lowest BCUT2D eigenvalue weighted by Crippen LogP contribution is -2.12. The first kappa shape index (κ1) is 15.0. The van der Waals surface area contributed by atoms with Crippen LogP contribution in [0.4, 0.5) is 0 Å². The Balaban J connectivity index is 1.64. The summed E-state index contributed by atoms with van der Waals surface area (Å²) in [5.74, 6) is 0. The first-order valence-corrected chi connectivity index (χ1v) is 9.04. The van der Waals surface area contributed by atoms with Crippen molar-refractivity contribution in [3.63, 3.8) is 0 Å². The van der Waals surface area contributed by atoms with Crippen LogP contribution < -0.4 is 5.32 Å². The van der Waals surface area contributed by atoms with Crippen molar-refractivity contribution in [1.82, 2.24) is 10.3 Å². The first-order valence-electron chi connectivity index (χ1n) is 9.04. The van der Waals surface area contributed by atoms with Gasteiger partial charge in [-0.15, -0.1) is 0 Å². The zero-order chi connectivity index (χ0) is 17.5. The van der Waals surface area contributed by atoms with E-state index in [1.807, 2.05) is 0 Å². The lowest BCUT2D eigenvalue weighted by atomic mass is 9.98. The molecular formula is C24H20N2. The molecule has 0 bridgehead atoms. The number of nitrogens with one attached hydrogen (secondary N) is 2. The third-order valence-electron chi connectivity index (χ3n) is 5.25. The van der Waals surface area contributed by atoms with Crippen LogP contribution in [0.25, 0.3) is 39.0 Å². The molecule has 0 amide bonds. The Kier molecular flexibility index (Phi) is 3.42. The highest BCUT2D eigenvalue weighted by atomic mass is 14.9. The van der Waals surface area contributed by atoms with Crippen molar-refractivity contribution >= 4 is 16.6 Å². The van der Waals surface area contributed by atoms with Gasteiger partial charge in [-0.2, -0.15) is 0 Å². The molecule has 26 heavy (non-hydrogen) atoms. The van der Waals surface area contributed by atoms with E-state index < -0.39 is 0 Å². The Morgan fingerprint density at radius 2 is 1.46 bits per heavy atom. The molecule has 2 nitrogen and oxygen atoms in total. The molecule has 2 N–H and O–H groups in total. The number of H-pyrrole nitrogens is 1. The van der Waals surface area contributed by atoms with Gasteiger partial charge in [0.1, 0.15) is 0 Å². The van der Waals surface area contributed by atoms with Gasteiger partial charge in [-0.3, -0.25) is 0 Å². The second kappa shape index (κ2) is 5.92. The number of aromatic nitrogens is 1. The van der Waals surface area contributed by atoms with Crippen molar-refractivity contribution in [2.24, 2.45) is 0 Å². The molecule has 0 aliphatic carbocycles. The van der Waals surface area contributed by atoms with Crippen LogP contribution in [0.1, 0.15) is 11.1 Å². The summed E-state index contributed by atoms with van der Waals surface area (Å²) < 4.78 is 0. The van der Waals surface area contributed by atoms with Crippen LogP contribution in [0.5, 0.6) is 0 Å². The van der Waals surface area contributed by atoms with E-state index in [1.165, 1.54) is 44.4 Å². The van der Waals surface area contributed by atoms with Crippen LogP contribution in [0.15, 0.2) is 79.4 Å². The molecule has 0 radical (unpaired) electrons. The van der Waals surface area contributed by atoms with Crippen LogP contribution in [-0.2, 0) is 6.42 Å². The van der Waals surface area contributed by atoms with Gasteiger partial charge in [-0.1, -0.05) is 73.3 Å². The van der Waals surface area contributed by atoms with Crippen molar-refractivity contribution in [3.8, 4) is 22.4 Å². The molecule has 1 aliphatic rings. The second-order valence-electron chi connectivity index (χ2n) is 6.81. The van der Waals surface area contributed by atoms with Crippen LogP contribution in [0.3, 0.4) is 0 Å². The number of benzene rings is 3. The average Bonchev–Trinajstić information content (AvgIpc) is 2.98. The molecule has 126 valence electrons. The Labute approximate surface area is 153 Å². The molecule has 0 atom stereocenters. The molecule has 3 aromatic carbocycles. The van der Waals surface area contributed by atoms with Gasteiger partial charge in [-0.25, -0.2) is 0 Å². The summed E-state index contributed by atoms with van der Waals surface area (Å²) in [5, 5.41) is 4.75. The average molecular weight is 336 g/mol. The van der Waals surface area contributed by atoms with Gasteiger partial charge in [0.2, 0.25) is 0 Å². The molecule has 0 fully saturated rings. The smallest absolute Gasteiger partial charge is 0.0498 e. The maximum absolute atomic E-state index is 4.20. The monoisotopic (exact) mass is 336 g/mol. The fourth-order valence-corrected chi connectivity index (χ4v) is 3.96. The highest BCUT2D eigenvalue weighted by Gasteiger charge is 2.19. The highest BCUT2D eigenvalue weighted by molar-refractivity contribution is 5.99. The normalized spacial score (nSPS) is 13.5. The molecule has 4 aromatic rings. The third kappa shape index (κ3) is 2.34. The molecule has 5 rings (SSSR count). The van der Waals surface area contributed by atoms with Crippen LogP contribution in [0, 0.1) is 0 Å². The Morgan fingerprint density at radius 3 is 2.27 bits per heavy atom. The molecule has 2 heterocycles. The van der Waals surface area contributed by atoms with E-state index in [2.05, 4.69) is 89.7 Å². The second-order valence-corrected chi connectivity index (χ2v) is 6.81. The first-order chi connectivity index (χ1) is 12.8.